The van der Waals surface area contributed by atoms with Crippen molar-refractivity contribution in [1.82, 2.24) is 4.57 Å². The Morgan fingerprint density at radius 2 is 1.74 bits per heavy atom. The van der Waals surface area contributed by atoms with E-state index in [1.54, 1.807) is 18.8 Å². The molecule has 1 aliphatic heterocycles. The highest BCUT2D eigenvalue weighted by Gasteiger charge is 2.40. The van der Waals surface area contributed by atoms with Gasteiger partial charge in [0.15, 0.2) is 10.6 Å². The number of aromatic nitrogens is 1. The summed E-state index contributed by atoms with van der Waals surface area (Å²) in [7, 11) is 3.25. The van der Waals surface area contributed by atoms with Crippen molar-refractivity contribution in [3.63, 3.8) is 0 Å². The Hall–Kier alpha value is -3.97. The molecule has 6 rings (SSSR count). The fraction of sp³-hybridized carbons (Fsp3) is 0.258. The van der Waals surface area contributed by atoms with Gasteiger partial charge in [-0.1, -0.05) is 67.6 Å². The van der Waals surface area contributed by atoms with Gasteiger partial charge in [0.1, 0.15) is 11.5 Å². The van der Waals surface area contributed by atoms with Crippen LogP contribution in [-0.4, -0.2) is 24.6 Å². The molecule has 0 radical (unpaired) electrons. The lowest BCUT2D eigenvalue weighted by atomic mass is 9.73. The van der Waals surface area contributed by atoms with Gasteiger partial charge in [-0.2, -0.15) is 0 Å². The molecule has 1 unspecified atom stereocenters. The molecule has 0 fully saturated rings. The Bertz CT molecular complexity index is 1810. The fourth-order valence-electron chi connectivity index (χ4n) is 5.58. The van der Waals surface area contributed by atoms with Gasteiger partial charge in [0, 0.05) is 17.6 Å². The summed E-state index contributed by atoms with van der Waals surface area (Å²) in [6, 6.07) is 19.0. The van der Waals surface area contributed by atoms with Crippen molar-refractivity contribution in [2.45, 2.75) is 32.7 Å². The van der Waals surface area contributed by atoms with Gasteiger partial charge in [-0.3, -0.25) is 14.2 Å². The second-order valence-electron chi connectivity index (χ2n) is 10.6. The van der Waals surface area contributed by atoms with Crippen LogP contribution in [0.3, 0.4) is 0 Å². The van der Waals surface area contributed by atoms with Gasteiger partial charge in [-0.05, 0) is 52.4 Å². The molecular weight excluding hydrogens is 496 g/mol. The van der Waals surface area contributed by atoms with E-state index in [4.69, 9.17) is 14.5 Å². The van der Waals surface area contributed by atoms with Gasteiger partial charge < -0.3 is 9.47 Å². The summed E-state index contributed by atoms with van der Waals surface area (Å²) in [6.07, 6.45) is 3.00. The van der Waals surface area contributed by atoms with Crippen molar-refractivity contribution in [2.75, 3.05) is 14.2 Å². The number of nitrogens with zero attached hydrogens (tertiary/aromatic N) is 2. The quantitative estimate of drug-likeness (QED) is 0.386. The zero-order valence-corrected chi connectivity index (χ0v) is 22.6. The molecule has 1 aliphatic carbocycles. The number of carbonyl (C=O) groups excluding carboxylic acids is 1. The predicted octanol–water partition coefficient (Wildman–Crippen LogP) is 4.77. The van der Waals surface area contributed by atoms with E-state index in [9.17, 15) is 9.59 Å². The monoisotopic (exact) mass is 524 g/mol. The van der Waals surface area contributed by atoms with Gasteiger partial charge >= 0.3 is 0 Å². The molecule has 3 aromatic carbocycles. The highest BCUT2D eigenvalue weighted by atomic mass is 32.1. The van der Waals surface area contributed by atoms with Crippen LogP contribution in [0, 0.1) is 5.41 Å². The lowest BCUT2D eigenvalue weighted by molar-refractivity contribution is -0.118. The Kier molecular flexibility index (Phi) is 5.83. The third kappa shape index (κ3) is 3.98. The Labute approximate surface area is 224 Å². The number of fused-ring (bicyclic) bond motifs is 2. The molecule has 2 aliphatic rings. The van der Waals surface area contributed by atoms with Crippen LogP contribution in [0.1, 0.15) is 43.9 Å². The first-order valence-corrected chi connectivity index (χ1v) is 13.4. The standard InChI is InChI=1S/C31H28N2O4S/c1-31(2)16-23-27(24(34)17-31)28(19-9-12-20(36-3)13-10-19)33-29(35)26(38-30(33)32-23)15-22-21-8-6-5-7-18(21)11-14-25(22)37-4/h5-15,28H,16-17H2,1-4H3. The van der Waals surface area contributed by atoms with Gasteiger partial charge in [-0.15, -0.1) is 0 Å². The number of Topliss-reactive ketones (excluding diaryl/α,β-unsaturated/α-hetero) is 1. The molecule has 192 valence electrons. The number of ether oxygens (including phenoxy) is 2. The van der Waals surface area contributed by atoms with Crippen LogP contribution in [-0.2, 0) is 4.79 Å². The molecule has 0 bridgehead atoms. The zero-order valence-electron chi connectivity index (χ0n) is 21.8. The number of benzene rings is 3. The Balaban J connectivity index is 1.62. The van der Waals surface area contributed by atoms with Gasteiger partial charge in [-0.25, -0.2) is 4.99 Å². The van der Waals surface area contributed by atoms with Crippen molar-refractivity contribution in [2.24, 2.45) is 10.4 Å². The zero-order chi connectivity index (χ0) is 26.6. The molecular formula is C31H28N2O4S. The van der Waals surface area contributed by atoms with Crippen LogP contribution >= 0.6 is 11.3 Å². The molecule has 38 heavy (non-hydrogen) atoms. The minimum atomic E-state index is -0.535. The Morgan fingerprint density at radius 1 is 0.974 bits per heavy atom. The maximum atomic E-state index is 14.1. The topological polar surface area (TPSA) is 69.9 Å². The van der Waals surface area contributed by atoms with Crippen molar-refractivity contribution in [3.05, 3.63) is 103 Å². The van der Waals surface area contributed by atoms with Crippen molar-refractivity contribution >= 4 is 34.0 Å². The number of methoxy groups -OCH3 is 2. The van der Waals surface area contributed by atoms with E-state index >= 15 is 0 Å². The van der Waals surface area contributed by atoms with Crippen molar-refractivity contribution in [3.8, 4) is 11.5 Å². The summed E-state index contributed by atoms with van der Waals surface area (Å²) in [5, 5.41) is 2.06. The van der Waals surface area contributed by atoms with Crippen LogP contribution < -0.4 is 24.4 Å². The highest BCUT2D eigenvalue weighted by Crippen LogP contribution is 2.43. The molecule has 0 spiro atoms. The number of rotatable bonds is 4. The molecule has 7 heteroatoms. The number of allylic oxidation sites excluding steroid dienone is 2. The van der Waals surface area contributed by atoms with Crippen LogP contribution in [0.4, 0.5) is 0 Å². The van der Waals surface area contributed by atoms with Crippen molar-refractivity contribution in [1.29, 1.82) is 0 Å². The number of hydrogen-bond donors (Lipinski definition) is 0. The van der Waals surface area contributed by atoms with Crippen molar-refractivity contribution < 1.29 is 14.3 Å². The summed E-state index contributed by atoms with van der Waals surface area (Å²) >= 11 is 1.35. The predicted molar refractivity (Wildman–Crippen MR) is 150 cm³/mol. The van der Waals surface area contributed by atoms with E-state index in [-0.39, 0.29) is 16.8 Å². The van der Waals surface area contributed by atoms with E-state index in [1.165, 1.54) is 11.3 Å². The molecule has 6 nitrogen and oxygen atoms in total. The largest absolute Gasteiger partial charge is 0.497 e. The number of carbonyl (C=O) groups is 1. The van der Waals surface area contributed by atoms with Crippen LogP contribution in [0.25, 0.3) is 16.8 Å². The first-order valence-electron chi connectivity index (χ1n) is 12.6. The van der Waals surface area contributed by atoms with Gasteiger partial charge in [0.05, 0.1) is 30.5 Å². The maximum Gasteiger partial charge on any atom is 0.271 e. The summed E-state index contributed by atoms with van der Waals surface area (Å²) in [5.41, 5.74) is 2.75. The van der Waals surface area contributed by atoms with E-state index in [2.05, 4.69) is 13.8 Å². The SMILES string of the molecule is COc1ccc(C2C3=C(CC(C)(C)CC3=O)N=c3sc(=Cc4c(OC)ccc5ccccc45)c(=O)n32)cc1. The minimum Gasteiger partial charge on any atom is -0.497 e. The third-order valence-electron chi connectivity index (χ3n) is 7.35. The van der Waals surface area contributed by atoms with Gasteiger partial charge in [0.2, 0.25) is 0 Å². The molecule has 0 saturated heterocycles. The minimum absolute atomic E-state index is 0.0471. The third-order valence-corrected chi connectivity index (χ3v) is 8.34. The number of thiazole rings is 1. The highest BCUT2D eigenvalue weighted by molar-refractivity contribution is 7.07. The number of ketones is 1. The molecule has 4 aromatic rings. The smallest absolute Gasteiger partial charge is 0.271 e. The van der Waals surface area contributed by atoms with Gasteiger partial charge in [0.25, 0.3) is 5.56 Å². The maximum absolute atomic E-state index is 14.1. The lowest BCUT2D eigenvalue weighted by Gasteiger charge is -2.35. The summed E-state index contributed by atoms with van der Waals surface area (Å²) in [4.78, 5) is 33.1. The molecule has 2 heterocycles. The fourth-order valence-corrected chi connectivity index (χ4v) is 6.59. The average molecular weight is 525 g/mol. The first-order chi connectivity index (χ1) is 18.3. The lowest BCUT2D eigenvalue weighted by Crippen LogP contribution is -2.42. The average Bonchev–Trinajstić information content (AvgIpc) is 3.21. The summed E-state index contributed by atoms with van der Waals surface area (Å²) in [6.45, 7) is 4.18. The van der Waals surface area contributed by atoms with Crippen LogP contribution in [0.15, 0.2) is 81.7 Å². The first kappa shape index (κ1) is 24.4. The molecule has 1 aromatic heterocycles. The van der Waals surface area contributed by atoms with Crippen LogP contribution in [0.5, 0.6) is 11.5 Å². The van der Waals surface area contributed by atoms with E-state index in [1.807, 2.05) is 66.7 Å². The Morgan fingerprint density at radius 3 is 2.47 bits per heavy atom. The molecule has 0 saturated carbocycles. The van der Waals surface area contributed by atoms with E-state index in [0.29, 0.717) is 33.5 Å². The number of hydrogen-bond acceptors (Lipinski definition) is 6. The summed E-state index contributed by atoms with van der Waals surface area (Å²) < 4.78 is 13.3. The second-order valence-corrected chi connectivity index (χ2v) is 11.6. The molecule has 0 amide bonds. The van der Waals surface area contributed by atoms with E-state index in [0.717, 1.165) is 33.3 Å². The molecule has 0 N–H and O–H groups in total. The second kappa shape index (κ2) is 9.10. The normalized spacial score (nSPS) is 18.7. The molecule has 1 atom stereocenters. The summed E-state index contributed by atoms with van der Waals surface area (Å²) in [5.74, 6) is 1.46. The van der Waals surface area contributed by atoms with E-state index < -0.39 is 6.04 Å². The van der Waals surface area contributed by atoms with Crippen LogP contribution in [0.2, 0.25) is 0 Å².